The highest BCUT2D eigenvalue weighted by atomic mass is 16.4. The van der Waals surface area contributed by atoms with Crippen molar-refractivity contribution >= 4 is 17.3 Å². The summed E-state index contributed by atoms with van der Waals surface area (Å²) in [7, 11) is 0. The van der Waals surface area contributed by atoms with Gasteiger partial charge in [-0.1, -0.05) is 42.5 Å². The Labute approximate surface area is 159 Å². The van der Waals surface area contributed by atoms with Gasteiger partial charge in [-0.05, 0) is 60.4 Å². The van der Waals surface area contributed by atoms with Crippen molar-refractivity contribution in [3.63, 3.8) is 0 Å². The van der Waals surface area contributed by atoms with Crippen molar-refractivity contribution in [2.45, 2.75) is 19.4 Å². The summed E-state index contributed by atoms with van der Waals surface area (Å²) in [5, 5.41) is 15.7. The number of carboxylic acids is 1. The van der Waals surface area contributed by atoms with Crippen LogP contribution in [0.2, 0.25) is 0 Å². The van der Waals surface area contributed by atoms with Crippen LogP contribution in [0.1, 0.15) is 27.9 Å². The van der Waals surface area contributed by atoms with Gasteiger partial charge in [0.2, 0.25) is 0 Å². The van der Waals surface area contributed by atoms with E-state index in [1.165, 1.54) is 11.1 Å². The molecule has 0 aromatic heterocycles. The Morgan fingerprint density at radius 3 is 2.26 bits per heavy atom. The summed E-state index contributed by atoms with van der Waals surface area (Å²) in [5.41, 5.74) is 4.85. The third-order valence-corrected chi connectivity index (χ3v) is 4.37. The number of aromatic carboxylic acids is 1. The van der Waals surface area contributed by atoms with Gasteiger partial charge in [-0.15, -0.1) is 0 Å². The molecule has 0 bridgehead atoms. The zero-order valence-electron chi connectivity index (χ0n) is 15.2. The minimum atomic E-state index is -0.910. The number of hydrogen-bond donors (Lipinski definition) is 3. The Hall–Kier alpha value is -3.27. The summed E-state index contributed by atoms with van der Waals surface area (Å²) in [6.07, 6.45) is 2.16. The first-order valence-corrected chi connectivity index (χ1v) is 9.15. The molecule has 0 heterocycles. The summed E-state index contributed by atoms with van der Waals surface area (Å²) in [4.78, 5) is 10.9. The summed E-state index contributed by atoms with van der Waals surface area (Å²) in [6.45, 7) is 1.62. The van der Waals surface area contributed by atoms with Gasteiger partial charge in [-0.25, -0.2) is 4.79 Å². The first-order valence-electron chi connectivity index (χ1n) is 9.15. The van der Waals surface area contributed by atoms with Gasteiger partial charge in [-0.2, -0.15) is 0 Å². The van der Waals surface area contributed by atoms with E-state index in [-0.39, 0.29) is 0 Å². The third-order valence-electron chi connectivity index (χ3n) is 4.37. The van der Waals surface area contributed by atoms with E-state index in [0.717, 1.165) is 30.8 Å². The predicted octanol–water partition coefficient (Wildman–Crippen LogP) is 5.04. The van der Waals surface area contributed by atoms with Crippen LogP contribution < -0.4 is 10.6 Å². The van der Waals surface area contributed by atoms with Gasteiger partial charge in [-0.3, -0.25) is 0 Å². The first-order chi connectivity index (χ1) is 13.2. The normalized spacial score (nSPS) is 10.4. The Balaban J connectivity index is 1.46. The van der Waals surface area contributed by atoms with Crippen molar-refractivity contribution in [2.24, 2.45) is 0 Å². The summed E-state index contributed by atoms with van der Waals surface area (Å²) in [5.74, 6) is -0.910. The number of rotatable bonds is 9. The van der Waals surface area contributed by atoms with Crippen molar-refractivity contribution in [2.75, 3.05) is 17.2 Å². The second kappa shape index (κ2) is 9.43. The van der Waals surface area contributed by atoms with Crippen LogP contribution in [0.15, 0.2) is 78.9 Å². The smallest absolute Gasteiger partial charge is 0.335 e. The van der Waals surface area contributed by atoms with Crippen molar-refractivity contribution in [1.82, 2.24) is 0 Å². The van der Waals surface area contributed by atoms with E-state index < -0.39 is 5.97 Å². The fourth-order valence-electron chi connectivity index (χ4n) is 2.90. The van der Waals surface area contributed by atoms with Crippen LogP contribution in [0, 0.1) is 0 Å². The zero-order valence-corrected chi connectivity index (χ0v) is 15.2. The van der Waals surface area contributed by atoms with E-state index in [2.05, 4.69) is 53.1 Å². The van der Waals surface area contributed by atoms with Gasteiger partial charge < -0.3 is 15.7 Å². The topological polar surface area (TPSA) is 61.4 Å². The van der Waals surface area contributed by atoms with Gasteiger partial charge in [0.1, 0.15) is 0 Å². The SMILES string of the molecule is O=C(O)c1ccc(NCc2cccc(NCCCc3ccccc3)c2)cc1. The predicted molar refractivity (Wildman–Crippen MR) is 110 cm³/mol. The van der Waals surface area contributed by atoms with Crippen LogP contribution in [0.3, 0.4) is 0 Å². The molecule has 0 fully saturated rings. The Kier molecular flexibility index (Phi) is 6.47. The van der Waals surface area contributed by atoms with Crippen LogP contribution in [-0.4, -0.2) is 17.6 Å². The van der Waals surface area contributed by atoms with E-state index >= 15 is 0 Å². The highest BCUT2D eigenvalue weighted by molar-refractivity contribution is 5.88. The molecule has 0 atom stereocenters. The molecule has 3 N–H and O–H groups in total. The second-order valence-corrected chi connectivity index (χ2v) is 6.45. The Morgan fingerprint density at radius 2 is 1.52 bits per heavy atom. The van der Waals surface area contributed by atoms with E-state index in [1.807, 2.05) is 12.1 Å². The average molecular weight is 360 g/mol. The van der Waals surface area contributed by atoms with Gasteiger partial charge >= 0.3 is 5.97 Å². The molecule has 0 radical (unpaired) electrons. The minimum Gasteiger partial charge on any atom is -0.478 e. The molecule has 0 saturated carbocycles. The van der Waals surface area contributed by atoms with Crippen molar-refractivity contribution in [3.05, 3.63) is 95.6 Å². The second-order valence-electron chi connectivity index (χ2n) is 6.45. The molecule has 4 nitrogen and oxygen atoms in total. The zero-order chi connectivity index (χ0) is 18.9. The Morgan fingerprint density at radius 1 is 0.778 bits per heavy atom. The molecule has 4 heteroatoms. The maximum absolute atomic E-state index is 10.9. The molecule has 27 heavy (non-hydrogen) atoms. The van der Waals surface area contributed by atoms with E-state index in [4.69, 9.17) is 5.11 Å². The average Bonchev–Trinajstić information content (AvgIpc) is 2.71. The van der Waals surface area contributed by atoms with Crippen molar-refractivity contribution < 1.29 is 9.90 Å². The number of benzene rings is 3. The highest BCUT2D eigenvalue weighted by Crippen LogP contribution is 2.15. The van der Waals surface area contributed by atoms with Crippen molar-refractivity contribution in [1.29, 1.82) is 0 Å². The number of aryl methyl sites for hydroxylation is 1. The molecule has 0 aliphatic heterocycles. The number of anilines is 2. The molecule has 3 aromatic rings. The molecule has 3 aromatic carbocycles. The molecular weight excluding hydrogens is 336 g/mol. The molecule has 0 unspecified atom stereocenters. The summed E-state index contributed by atoms with van der Waals surface area (Å²) < 4.78 is 0. The lowest BCUT2D eigenvalue weighted by atomic mass is 10.1. The molecule has 0 aliphatic carbocycles. The van der Waals surface area contributed by atoms with E-state index in [0.29, 0.717) is 12.1 Å². The maximum atomic E-state index is 10.9. The molecule has 3 rings (SSSR count). The van der Waals surface area contributed by atoms with Gasteiger partial charge in [0.15, 0.2) is 0 Å². The summed E-state index contributed by atoms with van der Waals surface area (Å²) >= 11 is 0. The Bertz CT molecular complexity index is 861. The molecule has 0 spiro atoms. The van der Waals surface area contributed by atoms with Crippen LogP contribution >= 0.6 is 0 Å². The van der Waals surface area contributed by atoms with E-state index in [9.17, 15) is 4.79 Å². The molecule has 138 valence electrons. The molecule has 0 amide bonds. The van der Waals surface area contributed by atoms with Crippen LogP contribution in [0.25, 0.3) is 0 Å². The maximum Gasteiger partial charge on any atom is 0.335 e. The number of nitrogens with one attached hydrogen (secondary N) is 2. The lowest BCUT2D eigenvalue weighted by Crippen LogP contribution is -2.05. The summed E-state index contributed by atoms with van der Waals surface area (Å²) in [6, 6.07) is 25.6. The molecule has 0 aliphatic rings. The monoisotopic (exact) mass is 360 g/mol. The number of hydrogen-bond acceptors (Lipinski definition) is 3. The standard InChI is InChI=1S/C23H24N2O2/c26-23(27)20-11-13-21(14-12-20)25-17-19-8-4-10-22(16-19)24-15-5-9-18-6-2-1-3-7-18/h1-4,6-8,10-14,16,24-25H,5,9,15,17H2,(H,26,27). The quantitative estimate of drug-likeness (QED) is 0.468. The number of carbonyl (C=O) groups is 1. The fraction of sp³-hybridized carbons (Fsp3) is 0.174. The fourth-order valence-corrected chi connectivity index (χ4v) is 2.90. The van der Waals surface area contributed by atoms with Gasteiger partial charge in [0.05, 0.1) is 5.56 Å². The van der Waals surface area contributed by atoms with Crippen LogP contribution in [0.5, 0.6) is 0 Å². The van der Waals surface area contributed by atoms with Gasteiger partial charge in [0.25, 0.3) is 0 Å². The molecular formula is C23H24N2O2. The first kappa shape index (κ1) is 18.5. The lowest BCUT2D eigenvalue weighted by molar-refractivity contribution is 0.0697. The third kappa shape index (κ3) is 5.89. The van der Waals surface area contributed by atoms with Crippen molar-refractivity contribution in [3.8, 4) is 0 Å². The van der Waals surface area contributed by atoms with Crippen LogP contribution in [-0.2, 0) is 13.0 Å². The minimum absolute atomic E-state index is 0.294. The van der Waals surface area contributed by atoms with Gasteiger partial charge in [0, 0.05) is 24.5 Å². The number of carboxylic acid groups (broad SMARTS) is 1. The van der Waals surface area contributed by atoms with Crippen LogP contribution in [0.4, 0.5) is 11.4 Å². The van der Waals surface area contributed by atoms with E-state index in [1.54, 1.807) is 24.3 Å². The largest absolute Gasteiger partial charge is 0.478 e. The molecule has 0 saturated heterocycles. The highest BCUT2D eigenvalue weighted by Gasteiger charge is 2.02. The lowest BCUT2D eigenvalue weighted by Gasteiger charge is -2.10.